The van der Waals surface area contributed by atoms with Gasteiger partial charge in [0.15, 0.2) is 0 Å². The Kier molecular flexibility index (Phi) is 4.83. The molecule has 0 aliphatic rings. The smallest absolute Gasteiger partial charge is 0.240 e. The van der Waals surface area contributed by atoms with Gasteiger partial charge in [-0.1, -0.05) is 23.2 Å². The molecule has 0 unspecified atom stereocenters. The Labute approximate surface area is 148 Å². The molecule has 0 saturated carbocycles. The van der Waals surface area contributed by atoms with E-state index in [1.54, 1.807) is 12.3 Å². The van der Waals surface area contributed by atoms with Crippen molar-refractivity contribution in [3.63, 3.8) is 0 Å². The molecule has 2 N–H and O–H groups in total. The van der Waals surface area contributed by atoms with Crippen LogP contribution in [0.5, 0.6) is 0 Å². The van der Waals surface area contributed by atoms with Gasteiger partial charge in [0.25, 0.3) is 0 Å². The zero-order valence-electron chi connectivity index (χ0n) is 12.3. The number of aromatic amines is 1. The Morgan fingerprint density at radius 1 is 1.08 bits per heavy atom. The first-order valence-corrected chi connectivity index (χ1v) is 9.31. The van der Waals surface area contributed by atoms with E-state index in [4.69, 9.17) is 23.2 Å². The largest absolute Gasteiger partial charge is 0.361 e. The van der Waals surface area contributed by atoms with Gasteiger partial charge in [-0.15, -0.1) is 0 Å². The SMILES string of the molecule is O=S(=O)(NCCc1c[nH]c2ccc(F)cc12)c1ccc(Cl)c(Cl)c1. The predicted octanol–water partition coefficient (Wildman–Crippen LogP) is 4.13. The minimum atomic E-state index is -3.69. The second-order valence-corrected chi connectivity index (χ2v) is 7.81. The van der Waals surface area contributed by atoms with Gasteiger partial charge < -0.3 is 4.98 Å². The highest BCUT2D eigenvalue weighted by atomic mass is 35.5. The first-order chi connectivity index (χ1) is 11.4. The van der Waals surface area contributed by atoms with Gasteiger partial charge in [-0.2, -0.15) is 0 Å². The minimum Gasteiger partial charge on any atom is -0.361 e. The van der Waals surface area contributed by atoms with Crippen LogP contribution >= 0.6 is 23.2 Å². The predicted molar refractivity (Wildman–Crippen MR) is 93.6 cm³/mol. The van der Waals surface area contributed by atoms with Gasteiger partial charge >= 0.3 is 0 Å². The molecule has 8 heteroatoms. The maximum atomic E-state index is 13.3. The van der Waals surface area contributed by atoms with Crippen molar-refractivity contribution in [3.05, 3.63) is 64.0 Å². The number of hydrogen-bond acceptors (Lipinski definition) is 2. The quantitative estimate of drug-likeness (QED) is 0.692. The molecular formula is C16H13Cl2FN2O2S. The lowest BCUT2D eigenvalue weighted by atomic mass is 10.1. The summed E-state index contributed by atoms with van der Waals surface area (Å²) in [6.07, 6.45) is 2.17. The van der Waals surface area contributed by atoms with E-state index in [0.717, 1.165) is 16.5 Å². The molecule has 1 heterocycles. The summed E-state index contributed by atoms with van der Waals surface area (Å²) < 4.78 is 40.4. The van der Waals surface area contributed by atoms with Crippen molar-refractivity contribution in [3.8, 4) is 0 Å². The van der Waals surface area contributed by atoms with E-state index in [2.05, 4.69) is 9.71 Å². The number of H-pyrrole nitrogens is 1. The summed E-state index contributed by atoms with van der Waals surface area (Å²) >= 11 is 11.6. The Bertz CT molecular complexity index is 1000. The van der Waals surface area contributed by atoms with Crippen LogP contribution in [0.1, 0.15) is 5.56 Å². The molecule has 0 aliphatic heterocycles. The maximum Gasteiger partial charge on any atom is 0.240 e. The number of benzene rings is 2. The van der Waals surface area contributed by atoms with Crippen molar-refractivity contribution in [1.82, 2.24) is 9.71 Å². The fourth-order valence-electron chi connectivity index (χ4n) is 2.40. The van der Waals surface area contributed by atoms with E-state index in [1.165, 1.54) is 30.3 Å². The molecule has 0 radical (unpaired) electrons. The summed E-state index contributed by atoms with van der Waals surface area (Å²) in [6.45, 7) is 0.173. The standard InChI is InChI=1S/C16H13Cl2FN2O2S/c17-14-3-2-12(8-15(14)18)24(22,23)21-6-5-10-9-20-16-4-1-11(19)7-13(10)16/h1-4,7-9,20-21H,5-6H2. The lowest BCUT2D eigenvalue weighted by molar-refractivity contribution is 0.581. The van der Waals surface area contributed by atoms with Crippen LogP contribution in [0, 0.1) is 5.82 Å². The summed E-state index contributed by atoms with van der Waals surface area (Å²) in [7, 11) is -3.69. The fraction of sp³-hybridized carbons (Fsp3) is 0.125. The number of aromatic nitrogens is 1. The molecule has 1 aromatic heterocycles. The van der Waals surface area contributed by atoms with Gasteiger partial charge in [-0.25, -0.2) is 17.5 Å². The lowest BCUT2D eigenvalue weighted by Crippen LogP contribution is -2.26. The van der Waals surface area contributed by atoms with Crippen molar-refractivity contribution in [2.45, 2.75) is 11.3 Å². The Hall–Kier alpha value is -1.60. The third-order valence-corrected chi connectivity index (χ3v) is 5.81. The zero-order chi connectivity index (χ0) is 17.3. The van der Waals surface area contributed by atoms with Crippen LogP contribution in [0.25, 0.3) is 10.9 Å². The van der Waals surface area contributed by atoms with Crippen LogP contribution in [-0.2, 0) is 16.4 Å². The monoisotopic (exact) mass is 386 g/mol. The first kappa shape index (κ1) is 17.2. The molecule has 0 aliphatic carbocycles. The first-order valence-electron chi connectivity index (χ1n) is 7.07. The van der Waals surface area contributed by atoms with Gasteiger partial charge in [0.1, 0.15) is 5.82 Å². The van der Waals surface area contributed by atoms with Gasteiger partial charge in [0.2, 0.25) is 10.0 Å². The Morgan fingerprint density at radius 2 is 1.88 bits per heavy atom. The maximum absolute atomic E-state index is 13.3. The Balaban J connectivity index is 1.72. The minimum absolute atomic E-state index is 0.0434. The number of nitrogens with one attached hydrogen (secondary N) is 2. The van der Waals surface area contributed by atoms with E-state index >= 15 is 0 Å². The van der Waals surface area contributed by atoms with Crippen LogP contribution < -0.4 is 4.72 Å². The molecule has 0 saturated heterocycles. The average molecular weight is 387 g/mol. The molecular weight excluding hydrogens is 374 g/mol. The summed E-state index contributed by atoms with van der Waals surface area (Å²) in [6, 6.07) is 8.56. The molecule has 0 amide bonds. The van der Waals surface area contributed by atoms with E-state index in [0.29, 0.717) is 6.42 Å². The van der Waals surface area contributed by atoms with Crippen LogP contribution in [-0.4, -0.2) is 19.9 Å². The molecule has 0 bridgehead atoms. The highest BCUT2D eigenvalue weighted by Crippen LogP contribution is 2.25. The lowest BCUT2D eigenvalue weighted by Gasteiger charge is -2.07. The summed E-state index contributed by atoms with van der Waals surface area (Å²) in [5.41, 5.74) is 1.64. The highest BCUT2D eigenvalue weighted by molar-refractivity contribution is 7.89. The van der Waals surface area contributed by atoms with Crippen molar-refractivity contribution >= 4 is 44.1 Å². The van der Waals surface area contributed by atoms with Gasteiger partial charge in [0, 0.05) is 23.6 Å². The van der Waals surface area contributed by atoms with Crippen LogP contribution in [0.2, 0.25) is 10.0 Å². The van der Waals surface area contributed by atoms with Gasteiger partial charge in [-0.3, -0.25) is 0 Å². The zero-order valence-corrected chi connectivity index (χ0v) is 14.6. The van der Waals surface area contributed by atoms with E-state index in [1.807, 2.05) is 0 Å². The fourth-order valence-corrected chi connectivity index (χ4v) is 3.83. The topological polar surface area (TPSA) is 62.0 Å². The van der Waals surface area contributed by atoms with E-state index in [-0.39, 0.29) is 27.3 Å². The van der Waals surface area contributed by atoms with Crippen molar-refractivity contribution in [2.75, 3.05) is 6.54 Å². The number of fused-ring (bicyclic) bond motifs is 1. The molecule has 3 aromatic rings. The molecule has 126 valence electrons. The second-order valence-electron chi connectivity index (χ2n) is 5.23. The van der Waals surface area contributed by atoms with Gasteiger partial charge in [0.05, 0.1) is 14.9 Å². The second kappa shape index (κ2) is 6.72. The van der Waals surface area contributed by atoms with Crippen LogP contribution in [0.3, 0.4) is 0 Å². The number of rotatable bonds is 5. The van der Waals surface area contributed by atoms with Gasteiger partial charge in [-0.05, 0) is 48.4 Å². The van der Waals surface area contributed by atoms with Crippen LogP contribution in [0.4, 0.5) is 4.39 Å². The van der Waals surface area contributed by atoms with Crippen molar-refractivity contribution in [2.24, 2.45) is 0 Å². The number of hydrogen-bond donors (Lipinski definition) is 2. The number of sulfonamides is 1. The Morgan fingerprint density at radius 3 is 2.62 bits per heavy atom. The highest BCUT2D eigenvalue weighted by Gasteiger charge is 2.15. The molecule has 0 fully saturated rings. The third-order valence-electron chi connectivity index (χ3n) is 3.62. The normalized spacial score (nSPS) is 12.0. The van der Waals surface area contributed by atoms with Crippen LogP contribution in [0.15, 0.2) is 47.5 Å². The van der Waals surface area contributed by atoms with E-state index in [9.17, 15) is 12.8 Å². The molecule has 24 heavy (non-hydrogen) atoms. The van der Waals surface area contributed by atoms with E-state index < -0.39 is 10.0 Å². The molecule has 0 atom stereocenters. The molecule has 0 spiro atoms. The molecule has 3 rings (SSSR count). The summed E-state index contributed by atoms with van der Waals surface area (Å²) in [5.74, 6) is -0.334. The summed E-state index contributed by atoms with van der Waals surface area (Å²) in [4.78, 5) is 3.08. The number of halogens is 3. The third kappa shape index (κ3) is 3.57. The average Bonchev–Trinajstić information content (AvgIpc) is 2.92. The van der Waals surface area contributed by atoms with Crippen molar-refractivity contribution in [1.29, 1.82) is 0 Å². The summed E-state index contributed by atoms with van der Waals surface area (Å²) in [5, 5.41) is 1.20. The van der Waals surface area contributed by atoms with Crippen molar-refractivity contribution < 1.29 is 12.8 Å². The molecule has 4 nitrogen and oxygen atoms in total. The molecule has 2 aromatic carbocycles.